The van der Waals surface area contributed by atoms with Crippen molar-refractivity contribution in [3.8, 4) is 5.75 Å². The average Bonchev–Trinajstić information content (AvgIpc) is 2.60. The summed E-state index contributed by atoms with van der Waals surface area (Å²) in [4.78, 5) is 37.7. The molecule has 1 fully saturated rings. The number of phenols is 1. The van der Waals surface area contributed by atoms with Gasteiger partial charge in [0, 0.05) is 30.5 Å². The van der Waals surface area contributed by atoms with Gasteiger partial charge in [0.05, 0.1) is 17.0 Å². The molecule has 138 valence electrons. The van der Waals surface area contributed by atoms with Gasteiger partial charge in [-0.3, -0.25) is 9.59 Å². The minimum Gasteiger partial charge on any atom is -0.506 e. The molecule has 0 aliphatic carbocycles. The van der Waals surface area contributed by atoms with Crippen molar-refractivity contribution in [2.75, 3.05) is 13.1 Å². The van der Waals surface area contributed by atoms with E-state index in [9.17, 15) is 19.5 Å². The molecule has 3 N–H and O–H groups in total. The lowest BCUT2D eigenvalue weighted by Crippen LogP contribution is -2.42. The van der Waals surface area contributed by atoms with Gasteiger partial charge in [0.15, 0.2) is 0 Å². The summed E-state index contributed by atoms with van der Waals surface area (Å²) in [6.45, 7) is 2.59. The molecular weight excluding hydrogens is 360 g/mol. The summed E-state index contributed by atoms with van der Waals surface area (Å²) in [7, 11) is 0. The van der Waals surface area contributed by atoms with Gasteiger partial charge in [-0.2, -0.15) is 0 Å². The van der Waals surface area contributed by atoms with Crippen molar-refractivity contribution in [1.82, 2.24) is 4.90 Å². The van der Waals surface area contributed by atoms with Gasteiger partial charge in [0.1, 0.15) is 11.3 Å². The molecule has 1 aromatic heterocycles. The van der Waals surface area contributed by atoms with E-state index >= 15 is 0 Å². The zero-order valence-corrected chi connectivity index (χ0v) is 15.0. The molecule has 1 aliphatic rings. The predicted octanol–water partition coefficient (Wildman–Crippen LogP) is 1.73. The van der Waals surface area contributed by atoms with Gasteiger partial charge in [-0.25, -0.2) is 4.79 Å². The second kappa shape index (κ2) is 6.99. The molecule has 0 unspecified atom stereocenters. The van der Waals surface area contributed by atoms with E-state index in [0.717, 1.165) is 0 Å². The number of halogens is 1. The van der Waals surface area contributed by atoms with Gasteiger partial charge in [0.25, 0.3) is 0 Å². The van der Waals surface area contributed by atoms with Crippen LogP contribution in [-0.2, 0) is 16.0 Å². The lowest BCUT2D eigenvalue weighted by atomic mass is 9.95. The number of phenolic OH excluding ortho intramolecular Hbond substituents is 1. The number of primary amides is 1. The molecule has 1 saturated heterocycles. The summed E-state index contributed by atoms with van der Waals surface area (Å²) < 4.78 is 5.24. The number of nitrogens with two attached hydrogens (primary N) is 1. The van der Waals surface area contributed by atoms with Crippen molar-refractivity contribution in [3.05, 3.63) is 38.7 Å². The number of nitrogens with zero attached hydrogens (tertiary/aromatic N) is 1. The number of hydrogen-bond acceptors (Lipinski definition) is 5. The maximum atomic E-state index is 12.6. The Labute approximate surface area is 154 Å². The molecule has 0 saturated carbocycles. The topological polar surface area (TPSA) is 114 Å². The third kappa shape index (κ3) is 3.39. The molecule has 8 heteroatoms. The minimum atomic E-state index is -0.614. The van der Waals surface area contributed by atoms with E-state index in [1.54, 1.807) is 11.8 Å². The van der Waals surface area contributed by atoms with Crippen molar-refractivity contribution < 1.29 is 19.1 Å². The Morgan fingerprint density at radius 2 is 2.00 bits per heavy atom. The standard InChI is InChI=1S/C18H19ClN2O5/c1-9-11-6-13(19)14(22)8-15(11)26-18(25)12(9)7-16(23)21-4-2-10(3-5-21)17(20)24/h6,8,10,22H,2-5,7H2,1H3,(H2,20,24). The Kier molecular flexibility index (Phi) is 4.91. The third-order valence-corrected chi connectivity index (χ3v) is 5.24. The smallest absolute Gasteiger partial charge is 0.340 e. The molecule has 7 nitrogen and oxygen atoms in total. The first kappa shape index (κ1) is 18.3. The molecule has 0 bridgehead atoms. The molecule has 0 spiro atoms. The highest BCUT2D eigenvalue weighted by Crippen LogP contribution is 2.31. The normalized spacial score (nSPS) is 15.4. The van der Waals surface area contributed by atoms with Crippen LogP contribution < -0.4 is 11.4 Å². The van der Waals surface area contributed by atoms with E-state index in [1.807, 2.05) is 0 Å². The van der Waals surface area contributed by atoms with Crippen molar-refractivity contribution in [3.63, 3.8) is 0 Å². The van der Waals surface area contributed by atoms with Crippen LogP contribution in [-0.4, -0.2) is 34.9 Å². The van der Waals surface area contributed by atoms with Gasteiger partial charge in [-0.1, -0.05) is 11.6 Å². The number of carbonyl (C=O) groups excluding carboxylic acids is 2. The number of fused-ring (bicyclic) bond motifs is 1. The summed E-state index contributed by atoms with van der Waals surface area (Å²) >= 11 is 5.94. The number of aromatic hydroxyl groups is 1. The predicted molar refractivity (Wildman–Crippen MR) is 96.1 cm³/mol. The number of rotatable bonds is 3. The minimum absolute atomic E-state index is 0.0934. The maximum Gasteiger partial charge on any atom is 0.340 e. The molecule has 2 aromatic rings. The molecule has 3 rings (SSSR count). The second-order valence-corrected chi connectivity index (χ2v) is 6.93. The van der Waals surface area contributed by atoms with Crippen LogP contribution >= 0.6 is 11.6 Å². The van der Waals surface area contributed by atoms with Crippen molar-refractivity contribution in [2.45, 2.75) is 26.2 Å². The number of amides is 2. The molecule has 0 radical (unpaired) electrons. The molecule has 2 amide bonds. The first-order chi connectivity index (χ1) is 12.3. The van der Waals surface area contributed by atoms with E-state index in [0.29, 0.717) is 36.9 Å². The zero-order valence-electron chi connectivity index (χ0n) is 14.3. The maximum absolute atomic E-state index is 12.6. The van der Waals surface area contributed by atoms with E-state index in [-0.39, 0.29) is 46.1 Å². The summed E-state index contributed by atoms with van der Waals surface area (Å²) in [5.41, 5.74) is 5.77. The lowest BCUT2D eigenvalue weighted by molar-refractivity contribution is -0.134. The Morgan fingerprint density at radius 3 is 2.62 bits per heavy atom. The first-order valence-electron chi connectivity index (χ1n) is 8.29. The van der Waals surface area contributed by atoms with Gasteiger partial charge < -0.3 is 20.2 Å². The fourth-order valence-corrected chi connectivity index (χ4v) is 3.44. The average molecular weight is 379 g/mol. The van der Waals surface area contributed by atoms with E-state index in [2.05, 4.69) is 0 Å². The summed E-state index contributed by atoms with van der Waals surface area (Å²) in [6, 6.07) is 2.79. The summed E-state index contributed by atoms with van der Waals surface area (Å²) in [5, 5.41) is 10.4. The second-order valence-electron chi connectivity index (χ2n) is 6.53. The van der Waals surface area contributed by atoms with Crippen LogP contribution in [0.5, 0.6) is 5.75 Å². The van der Waals surface area contributed by atoms with Crippen molar-refractivity contribution in [1.29, 1.82) is 0 Å². The van der Waals surface area contributed by atoms with Gasteiger partial charge in [0.2, 0.25) is 11.8 Å². The highest BCUT2D eigenvalue weighted by molar-refractivity contribution is 6.32. The highest BCUT2D eigenvalue weighted by atomic mass is 35.5. The zero-order chi connectivity index (χ0) is 19.0. The van der Waals surface area contributed by atoms with E-state index in [4.69, 9.17) is 21.8 Å². The first-order valence-corrected chi connectivity index (χ1v) is 8.67. The fourth-order valence-electron chi connectivity index (χ4n) is 3.28. The number of hydrogen-bond donors (Lipinski definition) is 2. The van der Waals surface area contributed by atoms with Gasteiger partial charge in [-0.05, 0) is 31.4 Å². The highest BCUT2D eigenvalue weighted by Gasteiger charge is 2.27. The number of benzene rings is 1. The Hall–Kier alpha value is -2.54. The van der Waals surface area contributed by atoms with Crippen LogP contribution in [0, 0.1) is 12.8 Å². The Morgan fingerprint density at radius 1 is 1.35 bits per heavy atom. The monoisotopic (exact) mass is 378 g/mol. The number of aryl methyl sites for hydroxylation is 1. The SMILES string of the molecule is Cc1c(CC(=O)N2CCC(C(N)=O)CC2)c(=O)oc2cc(O)c(Cl)cc12. The summed E-state index contributed by atoms with van der Waals surface area (Å²) in [6.07, 6.45) is 0.965. The van der Waals surface area contributed by atoms with Crippen molar-refractivity contribution >= 4 is 34.4 Å². The third-order valence-electron chi connectivity index (χ3n) is 4.93. The van der Waals surface area contributed by atoms with Gasteiger partial charge in [-0.15, -0.1) is 0 Å². The summed E-state index contributed by atoms with van der Waals surface area (Å²) in [5.74, 6) is -0.931. The fraction of sp³-hybridized carbons (Fsp3) is 0.389. The van der Waals surface area contributed by atoms with Crippen LogP contribution in [0.25, 0.3) is 11.0 Å². The van der Waals surface area contributed by atoms with Crippen LogP contribution in [0.3, 0.4) is 0 Å². The van der Waals surface area contributed by atoms with Crippen LogP contribution in [0.1, 0.15) is 24.0 Å². The number of likely N-dealkylation sites (tertiary alicyclic amines) is 1. The van der Waals surface area contributed by atoms with Crippen LogP contribution in [0.15, 0.2) is 21.3 Å². The molecule has 26 heavy (non-hydrogen) atoms. The molecule has 0 atom stereocenters. The van der Waals surface area contributed by atoms with E-state index < -0.39 is 5.63 Å². The largest absolute Gasteiger partial charge is 0.506 e. The quantitative estimate of drug-likeness (QED) is 0.789. The molecule has 1 aromatic carbocycles. The molecular formula is C18H19ClN2O5. The van der Waals surface area contributed by atoms with Crippen molar-refractivity contribution in [2.24, 2.45) is 11.7 Å². The van der Waals surface area contributed by atoms with Gasteiger partial charge >= 0.3 is 5.63 Å². The molecule has 2 heterocycles. The van der Waals surface area contributed by atoms with Crippen LogP contribution in [0.2, 0.25) is 5.02 Å². The number of carbonyl (C=O) groups is 2. The number of piperidine rings is 1. The molecule has 1 aliphatic heterocycles. The Balaban J connectivity index is 1.85. The van der Waals surface area contributed by atoms with E-state index in [1.165, 1.54) is 12.1 Å². The van der Waals surface area contributed by atoms with Crippen LogP contribution in [0.4, 0.5) is 0 Å². The Bertz CT molecular complexity index is 945. The lowest BCUT2D eigenvalue weighted by Gasteiger charge is -2.30.